The third-order valence-corrected chi connectivity index (χ3v) is 6.03. The highest BCUT2D eigenvalue weighted by molar-refractivity contribution is 7.99. The number of hydrogen-bond acceptors (Lipinski definition) is 5. The lowest BCUT2D eigenvalue weighted by Crippen LogP contribution is -2.24. The minimum Gasteiger partial charge on any atom is -0.377 e. The molecule has 0 N–H and O–H groups in total. The zero-order chi connectivity index (χ0) is 16.4. The second-order valence-electron chi connectivity index (χ2n) is 5.81. The maximum absolute atomic E-state index is 12.9. The summed E-state index contributed by atoms with van der Waals surface area (Å²) in [6.07, 6.45) is 3.71. The number of benzene rings is 1. The van der Waals surface area contributed by atoms with Gasteiger partial charge in [0.25, 0.3) is 5.56 Å². The minimum atomic E-state index is -0.000451. The highest BCUT2D eigenvalue weighted by Crippen LogP contribution is 2.26. The summed E-state index contributed by atoms with van der Waals surface area (Å²) in [6, 6.07) is 11.6. The molecule has 6 heteroatoms. The summed E-state index contributed by atoms with van der Waals surface area (Å²) in [5.41, 5.74) is 0.856. The normalized spacial score (nSPS) is 18.1. The molecule has 24 heavy (non-hydrogen) atoms. The molecule has 0 amide bonds. The summed E-state index contributed by atoms with van der Waals surface area (Å²) in [6.45, 7) is 0.841. The highest BCUT2D eigenvalue weighted by atomic mass is 32.2. The van der Waals surface area contributed by atoms with Crippen molar-refractivity contribution in [2.75, 3.05) is 12.4 Å². The molecule has 1 aromatic carbocycles. The minimum absolute atomic E-state index is 0.000451. The molecule has 0 bridgehead atoms. The van der Waals surface area contributed by atoms with Gasteiger partial charge in [0.1, 0.15) is 4.83 Å². The first kappa shape index (κ1) is 15.9. The Balaban J connectivity index is 1.73. The van der Waals surface area contributed by atoms with Gasteiger partial charge < -0.3 is 4.74 Å². The van der Waals surface area contributed by atoms with Gasteiger partial charge in [-0.25, -0.2) is 4.98 Å². The number of thiophene rings is 1. The first-order valence-corrected chi connectivity index (χ1v) is 9.99. The van der Waals surface area contributed by atoms with Crippen molar-refractivity contribution < 1.29 is 4.74 Å². The summed E-state index contributed by atoms with van der Waals surface area (Å²) in [5, 5.41) is 3.35. The molecule has 3 heterocycles. The van der Waals surface area contributed by atoms with E-state index in [4.69, 9.17) is 9.72 Å². The number of rotatable bonds is 4. The van der Waals surface area contributed by atoms with Gasteiger partial charge in [0.2, 0.25) is 0 Å². The first-order valence-electron chi connectivity index (χ1n) is 8.13. The fourth-order valence-corrected chi connectivity index (χ4v) is 4.79. The van der Waals surface area contributed by atoms with Gasteiger partial charge in [0, 0.05) is 12.4 Å². The highest BCUT2D eigenvalue weighted by Gasteiger charge is 2.18. The third kappa shape index (κ3) is 3.14. The summed E-state index contributed by atoms with van der Waals surface area (Å²) in [4.78, 5) is 18.5. The Morgan fingerprint density at radius 1 is 1.25 bits per heavy atom. The van der Waals surface area contributed by atoms with Crippen LogP contribution in [-0.4, -0.2) is 28.0 Å². The molecule has 1 unspecified atom stereocenters. The predicted octanol–water partition coefficient (Wildman–Crippen LogP) is 4.11. The topological polar surface area (TPSA) is 44.1 Å². The van der Waals surface area contributed by atoms with Crippen LogP contribution in [0.1, 0.15) is 19.3 Å². The number of ether oxygens (including phenoxy) is 1. The van der Waals surface area contributed by atoms with Crippen LogP contribution >= 0.6 is 23.1 Å². The molecular weight excluding hydrogens is 340 g/mol. The molecular formula is C18H18N2O2S2. The maximum atomic E-state index is 12.9. The maximum Gasteiger partial charge on any atom is 0.267 e. The first-order chi connectivity index (χ1) is 11.8. The number of hydrogen-bond donors (Lipinski definition) is 0. The lowest BCUT2D eigenvalue weighted by molar-refractivity contribution is 0.0315. The zero-order valence-electron chi connectivity index (χ0n) is 13.2. The van der Waals surface area contributed by atoms with Gasteiger partial charge in [-0.05, 0) is 42.8 Å². The van der Waals surface area contributed by atoms with Crippen molar-refractivity contribution >= 4 is 33.3 Å². The summed E-state index contributed by atoms with van der Waals surface area (Å²) >= 11 is 3.13. The summed E-state index contributed by atoms with van der Waals surface area (Å²) < 4.78 is 7.54. The molecule has 0 radical (unpaired) electrons. The van der Waals surface area contributed by atoms with Crippen LogP contribution in [0.4, 0.5) is 0 Å². The van der Waals surface area contributed by atoms with Gasteiger partial charge in [-0.1, -0.05) is 30.0 Å². The molecule has 2 aromatic heterocycles. The second-order valence-corrected chi connectivity index (χ2v) is 7.69. The average molecular weight is 358 g/mol. The zero-order valence-corrected chi connectivity index (χ0v) is 14.8. The van der Waals surface area contributed by atoms with E-state index in [1.807, 2.05) is 41.8 Å². The number of aromatic nitrogens is 2. The van der Waals surface area contributed by atoms with Crippen LogP contribution in [0.5, 0.6) is 0 Å². The number of thioether (sulfide) groups is 1. The summed E-state index contributed by atoms with van der Waals surface area (Å²) in [7, 11) is 0. The molecule has 0 spiro atoms. The Morgan fingerprint density at radius 3 is 2.92 bits per heavy atom. The molecule has 1 fully saturated rings. The van der Waals surface area contributed by atoms with E-state index in [9.17, 15) is 4.79 Å². The predicted molar refractivity (Wildman–Crippen MR) is 99.5 cm³/mol. The standard InChI is InChI=1S/C18H18N2O2S2/c21-17-15-9-11-23-16(15)19-18(20(17)13-6-2-1-3-7-13)24-12-14-8-4-5-10-22-14/h1-3,6-7,9,11,14H,4-5,8,10,12H2. The van der Waals surface area contributed by atoms with Gasteiger partial charge in [0.15, 0.2) is 5.16 Å². The van der Waals surface area contributed by atoms with Crippen LogP contribution in [0, 0.1) is 0 Å². The van der Waals surface area contributed by atoms with Crippen molar-refractivity contribution in [2.24, 2.45) is 0 Å². The lowest BCUT2D eigenvalue weighted by Gasteiger charge is -2.22. The van der Waals surface area contributed by atoms with E-state index < -0.39 is 0 Å². The van der Waals surface area contributed by atoms with Crippen molar-refractivity contribution in [3.8, 4) is 5.69 Å². The van der Waals surface area contributed by atoms with Gasteiger partial charge >= 0.3 is 0 Å². The van der Waals surface area contributed by atoms with Crippen LogP contribution in [0.3, 0.4) is 0 Å². The number of nitrogens with zero attached hydrogens (tertiary/aromatic N) is 2. The van der Waals surface area contributed by atoms with Crippen LogP contribution in [0.25, 0.3) is 15.9 Å². The fraction of sp³-hybridized carbons (Fsp3) is 0.333. The van der Waals surface area contributed by atoms with Crippen LogP contribution < -0.4 is 5.56 Å². The lowest BCUT2D eigenvalue weighted by atomic mass is 10.1. The smallest absolute Gasteiger partial charge is 0.267 e. The number of fused-ring (bicyclic) bond motifs is 1. The van der Waals surface area contributed by atoms with E-state index >= 15 is 0 Å². The van der Waals surface area contributed by atoms with E-state index in [0.717, 1.165) is 40.9 Å². The van der Waals surface area contributed by atoms with Crippen molar-refractivity contribution in [3.63, 3.8) is 0 Å². The van der Waals surface area contributed by atoms with Gasteiger partial charge in [0.05, 0.1) is 17.2 Å². The largest absolute Gasteiger partial charge is 0.377 e. The molecule has 124 valence electrons. The molecule has 4 rings (SSSR count). The summed E-state index contributed by atoms with van der Waals surface area (Å²) in [5.74, 6) is 0.830. The molecule has 4 nitrogen and oxygen atoms in total. The molecule has 1 saturated heterocycles. The molecule has 1 atom stereocenters. The molecule has 3 aromatic rings. The Hall–Kier alpha value is -1.63. The van der Waals surface area contributed by atoms with E-state index in [-0.39, 0.29) is 11.7 Å². The molecule has 1 aliphatic heterocycles. The Labute approximate surface area is 148 Å². The average Bonchev–Trinajstić information content (AvgIpc) is 3.10. The SMILES string of the molecule is O=c1c2ccsc2nc(SCC2CCCCO2)n1-c1ccccc1. The van der Waals surface area contributed by atoms with Crippen molar-refractivity contribution in [3.05, 3.63) is 52.1 Å². The van der Waals surface area contributed by atoms with Crippen molar-refractivity contribution in [2.45, 2.75) is 30.5 Å². The monoisotopic (exact) mass is 358 g/mol. The van der Waals surface area contributed by atoms with Crippen molar-refractivity contribution in [1.82, 2.24) is 9.55 Å². The van der Waals surface area contributed by atoms with Crippen LogP contribution in [0.15, 0.2) is 51.7 Å². The third-order valence-electron chi connectivity index (χ3n) is 4.15. The quantitative estimate of drug-likeness (QED) is 0.520. The van der Waals surface area contributed by atoms with Gasteiger partial charge in [-0.2, -0.15) is 0 Å². The second kappa shape index (κ2) is 7.09. The Kier molecular flexibility index (Phi) is 4.69. The van der Waals surface area contributed by atoms with Gasteiger partial charge in [-0.15, -0.1) is 11.3 Å². The number of para-hydroxylation sites is 1. The van der Waals surface area contributed by atoms with Gasteiger partial charge in [-0.3, -0.25) is 9.36 Å². The van der Waals surface area contributed by atoms with Crippen LogP contribution in [-0.2, 0) is 4.74 Å². The van der Waals surface area contributed by atoms with E-state index in [0.29, 0.717) is 5.39 Å². The van der Waals surface area contributed by atoms with Crippen LogP contribution in [0.2, 0.25) is 0 Å². The van der Waals surface area contributed by atoms with E-state index in [2.05, 4.69) is 0 Å². The van der Waals surface area contributed by atoms with E-state index in [1.54, 1.807) is 16.3 Å². The Bertz CT molecular complexity index is 883. The fourth-order valence-electron chi connectivity index (χ4n) is 2.90. The Morgan fingerprint density at radius 2 is 2.12 bits per heavy atom. The van der Waals surface area contributed by atoms with Crippen molar-refractivity contribution in [1.29, 1.82) is 0 Å². The molecule has 1 aliphatic rings. The molecule has 0 saturated carbocycles. The molecule has 0 aliphatic carbocycles. The van der Waals surface area contributed by atoms with E-state index in [1.165, 1.54) is 17.8 Å².